The highest BCUT2D eigenvalue weighted by atomic mass is 16.6. The van der Waals surface area contributed by atoms with Crippen LogP contribution in [0.25, 0.3) is 22.3 Å². The Bertz CT molecular complexity index is 1470. The Morgan fingerprint density at radius 3 is 2.32 bits per heavy atom. The summed E-state index contributed by atoms with van der Waals surface area (Å²) in [6.07, 6.45) is 0. The minimum absolute atomic E-state index is 0.106. The summed E-state index contributed by atoms with van der Waals surface area (Å²) >= 11 is 0. The number of ether oxygens (including phenoxy) is 2. The van der Waals surface area contributed by atoms with Gasteiger partial charge in [-0.1, -0.05) is 12.1 Å². The SMILES string of the molecule is COc1cc(OC)cc(-c2nc3ccccc3c(=O)n2NC(=O)c2ccc([N+](=O)[O-])c(C)c2)c1. The molecule has 4 aromatic rings. The van der Waals surface area contributed by atoms with Crippen LogP contribution in [0.5, 0.6) is 11.5 Å². The zero-order chi connectivity index (χ0) is 24.4. The van der Waals surface area contributed by atoms with Crippen molar-refractivity contribution in [1.82, 2.24) is 9.66 Å². The summed E-state index contributed by atoms with van der Waals surface area (Å²) in [6, 6.07) is 15.7. The van der Waals surface area contributed by atoms with Crippen molar-refractivity contribution in [3.63, 3.8) is 0 Å². The van der Waals surface area contributed by atoms with Crippen molar-refractivity contribution < 1.29 is 19.2 Å². The quantitative estimate of drug-likeness (QED) is 0.344. The fourth-order valence-electron chi connectivity index (χ4n) is 3.53. The van der Waals surface area contributed by atoms with Crippen LogP contribution in [-0.2, 0) is 0 Å². The Morgan fingerprint density at radius 1 is 1.03 bits per heavy atom. The maximum absolute atomic E-state index is 13.4. The predicted molar refractivity (Wildman–Crippen MR) is 126 cm³/mol. The summed E-state index contributed by atoms with van der Waals surface area (Å²) in [5.41, 5.74) is 3.38. The number of para-hydroxylation sites is 1. The molecular weight excluding hydrogens is 440 g/mol. The Morgan fingerprint density at radius 2 is 1.71 bits per heavy atom. The molecule has 0 fully saturated rings. The topological polar surface area (TPSA) is 126 Å². The minimum Gasteiger partial charge on any atom is -0.497 e. The molecule has 10 nitrogen and oxygen atoms in total. The molecule has 0 aliphatic carbocycles. The van der Waals surface area contributed by atoms with Gasteiger partial charge in [-0.15, -0.1) is 0 Å². The maximum atomic E-state index is 13.4. The first-order valence-electron chi connectivity index (χ1n) is 10.1. The molecule has 4 rings (SSSR count). The van der Waals surface area contributed by atoms with E-state index in [2.05, 4.69) is 10.4 Å². The number of nitrogens with zero attached hydrogens (tertiary/aromatic N) is 3. The van der Waals surface area contributed by atoms with Gasteiger partial charge in [-0.3, -0.25) is 25.1 Å². The lowest BCUT2D eigenvalue weighted by molar-refractivity contribution is -0.385. The van der Waals surface area contributed by atoms with E-state index in [-0.39, 0.29) is 17.1 Å². The van der Waals surface area contributed by atoms with E-state index in [1.165, 1.54) is 39.3 Å². The van der Waals surface area contributed by atoms with Crippen molar-refractivity contribution in [1.29, 1.82) is 0 Å². The lowest BCUT2D eigenvalue weighted by Gasteiger charge is -2.16. The molecule has 0 radical (unpaired) electrons. The van der Waals surface area contributed by atoms with Crippen LogP contribution >= 0.6 is 0 Å². The molecule has 0 aliphatic heterocycles. The summed E-state index contributed by atoms with van der Waals surface area (Å²) in [5.74, 6) is 0.474. The van der Waals surface area contributed by atoms with Gasteiger partial charge in [-0.2, -0.15) is 4.68 Å². The molecule has 1 amide bonds. The summed E-state index contributed by atoms with van der Waals surface area (Å²) in [5, 5.41) is 11.4. The van der Waals surface area contributed by atoms with Crippen LogP contribution in [-0.4, -0.2) is 34.7 Å². The van der Waals surface area contributed by atoms with Gasteiger partial charge in [0.2, 0.25) is 0 Å². The fourth-order valence-corrected chi connectivity index (χ4v) is 3.53. The number of fused-ring (bicyclic) bond motifs is 1. The predicted octanol–water partition coefficient (Wildman–Crippen LogP) is 3.68. The van der Waals surface area contributed by atoms with E-state index in [9.17, 15) is 19.7 Å². The van der Waals surface area contributed by atoms with Gasteiger partial charge < -0.3 is 9.47 Å². The number of rotatable bonds is 6. The Balaban J connectivity index is 1.88. The number of hydrogen-bond donors (Lipinski definition) is 1. The number of carbonyl (C=O) groups is 1. The molecule has 172 valence electrons. The van der Waals surface area contributed by atoms with Crippen LogP contribution in [0.4, 0.5) is 5.69 Å². The number of aromatic nitrogens is 2. The molecule has 0 saturated heterocycles. The van der Waals surface area contributed by atoms with Crippen LogP contribution in [0.2, 0.25) is 0 Å². The molecule has 0 aliphatic rings. The van der Waals surface area contributed by atoms with Gasteiger partial charge in [0.15, 0.2) is 5.82 Å². The monoisotopic (exact) mass is 460 g/mol. The number of carbonyl (C=O) groups excluding carboxylic acids is 1. The van der Waals surface area contributed by atoms with Crippen LogP contribution in [0, 0.1) is 17.0 Å². The summed E-state index contributed by atoms with van der Waals surface area (Å²) < 4.78 is 11.7. The third kappa shape index (κ3) is 4.16. The summed E-state index contributed by atoms with van der Waals surface area (Å²) in [7, 11) is 3.00. The zero-order valence-corrected chi connectivity index (χ0v) is 18.6. The molecule has 0 bridgehead atoms. The highest BCUT2D eigenvalue weighted by molar-refractivity contribution is 6.00. The molecule has 0 spiro atoms. The van der Waals surface area contributed by atoms with Crippen molar-refractivity contribution in [2.75, 3.05) is 19.6 Å². The Labute approximate surface area is 193 Å². The molecule has 0 unspecified atom stereocenters. The molecule has 0 saturated carbocycles. The van der Waals surface area contributed by atoms with Crippen molar-refractivity contribution in [3.05, 3.63) is 92.3 Å². The average molecular weight is 460 g/mol. The number of nitrogens with one attached hydrogen (secondary N) is 1. The van der Waals surface area contributed by atoms with E-state index < -0.39 is 16.4 Å². The largest absolute Gasteiger partial charge is 0.497 e. The second-order valence-electron chi connectivity index (χ2n) is 7.39. The number of aryl methyl sites for hydroxylation is 1. The Hall–Kier alpha value is -4.73. The van der Waals surface area contributed by atoms with Gasteiger partial charge >= 0.3 is 0 Å². The third-order valence-corrected chi connectivity index (χ3v) is 5.25. The van der Waals surface area contributed by atoms with Crippen LogP contribution in [0.1, 0.15) is 15.9 Å². The van der Waals surface area contributed by atoms with Crippen molar-refractivity contribution >= 4 is 22.5 Å². The highest BCUT2D eigenvalue weighted by Crippen LogP contribution is 2.29. The average Bonchev–Trinajstić information content (AvgIpc) is 2.84. The first-order chi connectivity index (χ1) is 16.3. The van der Waals surface area contributed by atoms with E-state index in [4.69, 9.17) is 9.47 Å². The molecule has 0 atom stereocenters. The van der Waals surface area contributed by atoms with Gasteiger partial charge in [0.1, 0.15) is 11.5 Å². The van der Waals surface area contributed by atoms with Gasteiger partial charge in [0, 0.05) is 28.8 Å². The highest BCUT2D eigenvalue weighted by Gasteiger charge is 2.19. The van der Waals surface area contributed by atoms with Crippen LogP contribution in [0.15, 0.2) is 65.5 Å². The van der Waals surface area contributed by atoms with E-state index in [1.807, 2.05) is 0 Å². The van der Waals surface area contributed by atoms with E-state index in [0.717, 1.165) is 4.68 Å². The first kappa shape index (κ1) is 22.5. The standard InChI is InChI=1S/C24H20N4O6/c1-14-10-15(8-9-21(14)28(31)32)23(29)26-27-22(16-11-17(33-2)13-18(12-16)34-3)25-20-7-5-4-6-19(20)24(27)30/h4-13H,1-3H3,(H,26,29). The zero-order valence-electron chi connectivity index (χ0n) is 18.6. The molecule has 1 aromatic heterocycles. The summed E-state index contributed by atoms with van der Waals surface area (Å²) in [6.45, 7) is 1.53. The lowest BCUT2D eigenvalue weighted by atomic mass is 10.1. The van der Waals surface area contributed by atoms with Gasteiger partial charge in [0.05, 0.1) is 30.0 Å². The Kier molecular flexibility index (Phi) is 5.96. The van der Waals surface area contributed by atoms with Crippen molar-refractivity contribution in [2.24, 2.45) is 0 Å². The maximum Gasteiger partial charge on any atom is 0.280 e. The number of methoxy groups -OCH3 is 2. The van der Waals surface area contributed by atoms with Crippen LogP contribution < -0.4 is 20.5 Å². The number of nitro benzene ring substituents is 1. The smallest absolute Gasteiger partial charge is 0.280 e. The third-order valence-electron chi connectivity index (χ3n) is 5.25. The normalized spacial score (nSPS) is 10.7. The van der Waals surface area contributed by atoms with Gasteiger partial charge in [0.25, 0.3) is 17.2 Å². The van der Waals surface area contributed by atoms with Gasteiger partial charge in [-0.05, 0) is 43.3 Å². The lowest BCUT2D eigenvalue weighted by Crippen LogP contribution is -2.35. The molecule has 1 N–H and O–H groups in total. The number of benzene rings is 3. The number of nitro groups is 1. The molecule has 1 heterocycles. The second-order valence-corrected chi connectivity index (χ2v) is 7.39. The molecule has 10 heteroatoms. The van der Waals surface area contributed by atoms with Crippen LogP contribution in [0.3, 0.4) is 0 Å². The van der Waals surface area contributed by atoms with Crippen molar-refractivity contribution in [2.45, 2.75) is 6.92 Å². The van der Waals surface area contributed by atoms with E-state index in [0.29, 0.717) is 33.5 Å². The first-order valence-corrected chi connectivity index (χ1v) is 10.1. The fraction of sp³-hybridized carbons (Fsp3) is 0.125. The van der Waals surface area contributed by atoms with E-state index in [1.54, 1.807) is 42.5 Å². The number of amides is 1. The van der Waals surface area contributed by atoms with Gasteiger partial charge in [-0.25, -0.2) is 4.98 Å². The molecule has 3 aromatic carbocycles. The molecular formula is C24H20N4O6. The van der Waals surface area contributed by atoms with Crippen molar-refractivity contribution in [3.8, 4) is 22.9 Å². The summed E-state index contributed by atoms with van der Waals surface area (Å²) in [4.78, 5) is 41.6. The van der Waals surface area contributed by atoms with E-state index >= 15 is 0 Å². The molecule has 34 heavy (non-hydrogen) atoms. The minimum atomic E-state index is -0.631. The second kappa shape index (κ2) is 9.02. The number of hydrogen-bond acceptors (Lipinski definition) is 7.